The molecule has 0 bridgehead atoms. The topological polar surface area (TPSA) is 63.4 Å². The molecular weight excluding hydrogens is 201 g/mol. The highest BCUT2D eigenvalue weighted by molar-refractivity contribution is 5.34. The summed E-state index contributed by atoms with van der Waals surface area (Å²) in [6, 6.07) is 3.41. The third kappa shape index (κ3) is 3.28. The molecule has 1 rings (SSSR count). The first kappa shape index (κ1) is 11.6. The van der Waals surface area contributed by atoms with E-state index in [0.717, 1.165) is 6.07 Å². The summed E-state index contributed by atoms with van der Waals surface area (Å²) >= 11 is 0. The molecule has 0 amide bonds. The average molecular weight is 213 g/mol. The Kier molecular flexibility index (Phi) is 3.04. The summed E-state index contributed by atoms with van der Waals surface area (Å²) in [5, 5.41) is 19.8. The maximum absolute atomic E-state index is 13.3. The van der Waals surface area contributed by atoms with Gasteiger partial charge in [-0.25, -0.2) is 4.39 Å². The summed E-state index contributed by atoms with van der Waals surface area (Å²) in [5.41, 5.74) is -1.04. The van der Waals surface area contributed by atoms with Crippen LogP contribution in [0.2, 0.25) is 0 Å². The van der Waals surface area contributed by atoms with E-state index in [1.807, 2.05) is 0 Å². The molecule has 0 spiro atoms. The molecule has 82 valence electrons. The summed E-state index contributed by atoms with van der Waals surface area (Å²) in [7, 11) is 0. The summed E-state index contributed by atoms with van der Waals surface area (Å²) < 4.78 is 13.3. The number of hydrogen-bond donors (Lipinski definition) is 1. The number of rotatable bonds is 3. The number of nitro groups is 1. The van der Waals surface area contributed by atoms with Gasteiger partial charge in [-0.1, -0.05) is 0 Å². The number of hydrogen-bond acceptors (Lipinski definition) is 3. The number of nitrogens with zero attached hydrogens (tertiary/aromatic N) is 1. The fourth-order valence-electron chi connectivity index (χ4n) is 1.26. The first-order valence-corrected chi connectivity index (χ1v) is 4.45. The van der Waals surface area contributed by atoms with Crippen molar-refractivity contribution < 1.29 is 14.4 Å². The van der Waals surface area contributed by atoms with E-state index < -0.39 is 16.3 Å². The molecule has 0 aliphatic heterocycles. The second-order valence-corrected chi connectivity index (χ2v) is 4.02. The van der Waals surface area contributed by atoms with Gasteiger partial charge in [0.05, 0.1) is 16.6 Å². The van der Waals surface area contributed by atoms with Crippen LogP contribution in [-0.2, 0) is 6.42 Å². The van der Waals surface area contributed by atoms with Crippen molar-refractivity contribution >= 4 is 5.69 Å². The van der Waals surface area contributed by atoms with Gasteiger partial charge in [-0.05, 0) is 25.5 Å². The Morgan fingerprint density at radius 2 is 2.13 bits per heavy atom. The van der Waals surface area contributed by atoms with Crippen molar-refractivity contribution in [2.45, 2.75) is 25.9 Å². The van der Waals surface area contributed by atoms with Gasteiger partial charge in [-0.3, -0.25) is 10.1 Å². The van der Waals surface area contributed by atoms with Crippen LogP contribution in [0.4, 0.5) is 10.1 Å². The molecular formula is C10H12FNO3. The zero-order chi connectivity index (χ0) is 11.6. The summed E-state index contributed by atoms with van der Waals surface area (Å²) in [6.07, 6.45) is 0.122. The lowest BCUT2D eigenvalue weighted by Gasteiger charge is -2.17. The molecule has 0 atom stereocenters. The van der Waals surface area contributed by atoms with Crippen molar-refractivity contribution in [2.24, 2.45) is 0 Å². The Hall–Kier alpha value is -1.49. The summed E-state index contributed by atoms with van der Waals surface area (Å²) in [5.74, 6) is -0.661. The van der Waals surface area contributed by atoms with Crippen LogP contribution in [0.1, 0.15) is 19.4 Å². The van der Waals surface area contributed by atoms with Gasteiger partial charge in [-0.2, -0.15) is 0 Å². The molecule has 5 heteroatoms. The van der Waals surface area contributed by atoms with Gasteiger partial charge in [-0.15, -0.1) is 0 Å². The van der Waals surface area contributed by atoms with Crippen molar-refractivity contribution in [3.63, 3.8) is 0 Å². The first-order valence-electron chi connectivity index (χ1n) is 4.45. The van der Waals surface area contributed by atoms with Crippen LogP contribution in [0.25, 0.3) is 0 Å². The van der Waals surface area contributed by atoms with Gasteiger partial charge in [0, 0.05) is 12.5 Å². The number of non-ortho nitro benzene ring substituents is 1. The minimum absolute atomic E-state index is 0.122. The smallest absolute Gasteiger partial charge is 0.272 e. The van der Waals surface area contributed by atoms with E-state index >= 15 is 0 Å². The predicted molar refractivity (Wildman–Crippen MR) is 53.1 cm³/mol. The number of halogens is 1. The molecule has 0 aromatic heterocycles. The second kappa shape index (κ2) is 3.94. The molecule has 1 aromatic rings. The van der Waals surface area contributed by atoms with Crippen LogP contribution in [0.3, 0.4) is 0 Å². The summed E-state index contributed by atoms with van der Waals surface area (Å²) in [6.45, 7) is 3.10. The van der Waals surface area contributed by atoms with Gasteiger partial charge in [0.25, 0.3) is 5.69 Å². The van der Waals surface area contributed by atoms with E-state index in [4.69, 9.17) is 0 Å². The van der Waals surface area contributed by atoms with Crippen LogP contribution in [0.15, 0.2) is 18.2 Å². The van der Waals surface area contributed by atoms with Crippen molar-refractivity contribution in [2.75, 3.05) is 0 Å². The maximum atomic E-state index is 13.3. The molecule has 0 radical (unpaired) electrons. The number of aliphatic hydroxyl groups is 1. The monoisotopic (exact) mass is 213 g/mol. The molecule has 15 heavy (non-hydrogen) atoms. The highest BCUT2D eigenvalue weighted by Gasteiger charge is 2.18. The normalized spacial score (nSPS) is 11.5. The lowest BCUT2D eigenvalue weighted by atomic mass is 9.98. The Morgan fingerprint density at radius 1 is 1.53 bits per heavy atom. The van der Waals surface area contributed by atoms with Crippen LogP contribution >= 0.6 is 0 Å². The van der Waals surface area contributed by atoms with E-state index in [2.05, 4.69) is 0 Å². The van der Waals surface area contributed by atoms with E-state index in [0.29, 0.717) is 0 Å². The fraction of sp³-hybridized carbons (Fsp3) is 0.400. The molecule has 0 fully saturated rings. The van der Waals surface area contributed by atoms with Crippen LogP contribution in [-0.4, -0.2) is 15.6 Å². The molecule has 0 saturated carbocycles. The third-order valence-corrected chi connectivity index (χ3v) is 1.87. The molecule has 4 nitrogen and oxygen atoms in total. The van der Waals surface area contributed by atoms with Crippen LogP contribution in [0, 0.1) is 15.9 Å². The Morgan fingerprint density at radius 3 is 2.53 bits per heavy atom. The van der Waals surface area contributed by atoms with Gasteiger partial charge >= 0.3 is 0 Å². The van der Waals surface area contributed by atoms with Gasteiger partial charge < -0.3 is 5.11 Å². The van der Waals surface area contributed by atoms with E-state index in [9.17, 15) is 19.6 Å². The van der Waals surface area contributed by atoms with Crippen molar-refractivity contribution in [1.82, 2.24) is 0 Å². The summed E-state index contributed by atoms with van der Waals surface area (Å²) in [4.78, 5) is 9.68. The Balaban J connectivity index is 2.99. The number of nitro benzene ring substituents is 1. The van der Waals surface area contributed by atoms with E-state index in [1.54, 1.807) is 13.8 Å². The first-order chi connectivity index (χ1) is 6.79. The predicted octanol–water partition coefficient (Wildman–Crippen LogP) is 2.05. The molecule has 0 heterocycles. The molecule has 0 saturated heterocycles. The minimum atomic E-state index is -1.03. The van der Waals surface area contributed by atoms with Gasteiger partial charge in [0.2, 0.25) is 0 Å². The zero-order valence-electron chi connectivity index (χ0n) is 8.53. The zero-order valence-corrected chi connectivity index (χ0v) is 8.53. The van der Waals surface area contributed by atoms with E-state index in [1.165, 1.54) is 12.1 Å². The number of benzene rings is 1. The maximum Gasteiger partial charge on any atom is 0.272 e. The SMILES string of the molecule is CC(C)(O)Cc1ccc([N+](=O)[O-])cc1F. The minimum Gasteiger partial charge on any atom is -0.390 e. The fourth-order valence-corrected chi connectivity index (χ4v) is 1.26. The average Bonchev–Trinajstić information content (AvgIpc) is 2.05. The largest absolute Gasteiger partial charge is 0.390 e. The van der Waals surface area contributed by atoms with Crippen molar-refractivity contribution in [1.29, 1.82) is 0 Å². The highest BCUT2D eigenvalue weighted by atomic mass is 19.1. The molecule has 0 aliphatic rings. The molecule has 0 unspecified atom stereocenters. The van der Waals surface area contributed by atoms with E-state index in [-0.39, 0.29) is 17.7 Å². The van der Waals surface area contributed by atoms with Gasteiger partial charge in [0.1, 0.15) is 5.82 Å². The third-order valence-electron chi connectivity index (χ3n) is 1.87. The van der Waals surface area contributed by atoms with Crippen molar-refractivity contribution in [3.05, 3.63) is 39.7 Å². The molecule has 0 aliphatic carbocycles. The molecule has 1 N–H and O–H groups in total. The lowest BCUT2D eigenvalue weighted by molar-refractivity contribution is -0.385. The van der Waals surface area contributed by atoms with Crippen molar-refractivity contribution in [3.8, 4) is 0 Å². The lowest BCUT2D eigenvalue weighted by Crippen LogP contribution is -2.22. The van der Waals surface area contributed by atoms with Crippen LogP contribution < -0.4 is 0 Å². The quantitative estimate of drug-likeness (QED) is 0.617. The highest BCUT2D eigenvalue weighted by Crippen LogP contribution is 2.20. The second-order valence-electron chi connectivity index (χ2n) is 4.02. The van der Waals surface area contributed by atoms with Gasteiger partial charge in [0.15, 0.2) is 0 Å². The van der Waals surface area contributed by atoms with Crippen LogP contribution in [0.5, 0.6) is 0 Å². The Bertz CT molecular complexity index is 385. The Labute approximate surface area is 86.5 Å². The molecule has 1 aromatic carbocycles. The standard InChI is InChI=1S/C10H12FNO3/c1-10(2,13)6-7-3-4-8(12(14)15)5-9(7)11/h3-5,13H,6H2,1-2H3.